The van der Waals surface area contributed by atoms with E-state index in [9.17, 15) is 9.59 Å². The van der Waals surface area contributed by atoms with E-state index in [2.05, 4.69) is 15.0 Å². The van der Waals surface area contributed by atoms with Crippen molar-refractivity contribution in [3.63, 3.8) is 0 Å². The topological polar surface area (TPSA) is 80.6 Å². The Morgan fingerprint density at radius 3 is 2.72 bits per heavy atom. The lowest BCUT2D eigenvalue weighted by atomic mass is 10.1. The summed E-state index contributed by atoms with van der Waals surface area (Å²) in [7, 11) is 0. The molecule has 4 rings (SSSR count). The van der Waals surface area contributed by atoms with Crippen molar-refractivity contribution in [2.24, 2.45) is 0 Å². The van der Waals surface area contributed by atoms with Crippen LogP contribution in [0.1, 0.15) is 24.7 Å². The molecule has 4 aromatic rings. The molecule has 0 bridgehead atoms. The second-order valence-electron chi connectivity index (χ2n) is 7.00. The summed E-state index contributed by atoms with van der Waals surface area (Å²) in [5.41, 5.74) is 3.81. The monoisotopic (exact) mass is 386 g/mol. The van der Waals surface area contributed by atoms with Crippen LogP contribution in [0.25, 0.3) is 22.2 Å². The molecule has 6 nitrogen and oxygen atoms in total. The van der Waals surface area contributed by atoms with Crippen LogP contribution < -0.4 is 5.56 Å². The first-order valence-corrected chi connectivity index (χ1v) is 9.73. The Hall–Kier alpha value is -3.54. The Morgan fingerprint density at radius 2 is 1.97 bits per heavy atom. The number of aromatic amines is 1. The maximum absolute atomic E-state index is 12.9. The molecule has 0 aliphatic heterocycles. The average molecular weight is 386 g/mol. The highest BCUT2D eigenvalue weighted by Gasteiger charge is 2.14. The smallest absolute Gasteiger partial charge is 0.273 e. The number of nitrogens with zero attached hydrogens (tertiary/aromatic N) is 3. The fourth-order valence-electron chi connectivity index (χ4n) is 3.46. The van der Waals surface area contributed by atoms with Gasteiger partial charge in [-0.2, -0.15) is 0 Å². The van der Waals surface area contributed by atoms with Crippen molar-refractivity contribution in [2.75, 3.05) is 0 Å². The third kappa shape index (κ3) is 4.01. The zero-order chi connectivity index (χ0) is 20.2. The number of hydrogen-bond acceptors (Lipinski definition) is 4. The molecule has 0 radical (unpaired) electrons. The number of rotatable bonds is 7. The molecule has 146 valence electrons. The summed E-state index contributed by atoms with van der Waals surface area (Å²) in [5.74, 6) is 0.00863. The van der Waals surface area contributed by atoms with Gasteiger partial charge in [-0.05, 0) is 30.5 Å². The van der Waals surface area contributed by atoms with Gasteiger partial charge in [-0.3, -0.25) is 24.1 Å². The van der Waals surface area contributed by atoms with Crippen molar-refractivity contribution in [1.82, 2.24) is 19.5 Å². The molecule has 0 spiro atoms. The Bertz CT molecular complexity index is 1180. The highest BCUT2D eigenvalue weighted by Crippen LogP contribution is 2.18. The van der Waals surface area contributed by atoms with E-state index >= 15 is 0 Å². The zero-order valence-corrected chi connectivity index (χ0v) is 16.3. The molecular formula is C23H22N4O2. The van der Waals surface area contributed by atoms with Crippen molar-refractivity contribution in [3.8, 4) is 11.3 Å². The number of pyridine rings is 1. The van der Waals surface area contributed by atoms with E-state index in [1.807, 2.05) is 49.4 Å². The highest BCUT2D eigenvalue weighted by molar-refractivity contribution is 5.81. The number of fused-ring (bicyclic) bond motifs is 1. The van der Waals surface area contributed by atoms with Crippen LogP contribution in [0.5, 0.6) is 0 Å². The lowest BCUT2D eigenvalue weighted by Crippen LogP contribution is -2.29. The molecule has 0 fully saturated rings. The van der Waals surface area contributed by atoms with Crippen LogP contribution in [-0.4, -0.2) is 25.3 Å². The molecule has 0 atom stereocenters. The van der Waals surface area contributed by atoms with Crippen LogP contribution in [0.15, 0.2) is 65.8 Å². The summed E-state index contributed by atoms with van der Waals surface area (Å²) in [5, 5.41) is 1.03. The van der Waals surface area contributed by atoms with Gasteiger partial charge in [0.15, 0.2) is 5.78 Å². The second kappa shape index (κ2) is 8.22. The van der Waals surface area contributed by atoms with E-state index in [0.717, 1.165) is 22.2 Å². The fourth-order valence-corrected chi connectivity index (χ4v) is 3.46. The van der Waals surface area contributed by atoms with Gasteiger partial charge in [0, 0.05) is 35.4 Å². The molecule has 0 amide bonds. The molecule has 1 aromatic carbocycles. The maximum Gasteiger partial charge on any atom is 0.273 e. The Morgan fingerprint density at radius 1 is 1.14 bits per heavy atom. The van der Waals surface area contributed by atoms with Crippen molar-refractivity contribution < 1.29 is 4.79 Å². The van der Waals surface area contributed by atoms with E-state index in [1.165, 1.54) is 0 Å². The van der Waals surface area contributed by atoms with E-state index in [4.69, 9.17) is 0 Å². The quantitative estimate of drug-likeness (QED) is 0.527. The SMILES string of the molecule is CCc1ncc(-c2ccccc2)n(CC(=O)CCc2cc3cnccc3[nH]2)c1=O. The maximum atomic E-state index is 12.9. The van der Waals surface area contributed by atoms with Crippen LogP contribution in [0.4, 0.5) is 0 Å². The minimum Gasteiger partial charge on any atom is -0.358 e. The summed E-state index contributed by atoms with van der Waals surface area (Å²) in [6.07, 6.45) is 6.70. The highest BCUT2D eigenvalue weighted by atomic mass is 16.1. The number of nitrogens with one attached hydrogen (secondary N) is 1. The molecule has 1 N–H and O–H groups in total. The Balaban J connectivity index is 1.56. The van der Waals surface area contributed by atoms with Crippen molar-refractivity contribution in [2.45, 2.75) is 32.7 Å². The molecule has 0 aliphatic rings. The number of Topliss-reactive ketones (excluding diaryl/α,β-unsaturated/α-hetero) is 1. The predicted octanol–water partition coefficient (Wildman–Crippen LogP) is 3.55. The van der Waals surface area contributed by atoms with Crippen LogP contribution in [0.3, 0.4) is 0 Å². The third-order valence-electron chi connectivity index (χ3n) is 5.01. The van der Waals surface area contributed by atoms with Gasteiger partial charge in [0.05, 0.1) is 18.4 Å². The van der Waals surface area contributed by atoms with Gasteiger partial charge in [-0.15, -0.1) is 0 Å². The van der Waals surface area contributed by atoms with Gasteiger partial charge in [0.25, 0.3) is 5.56 Å². The number of hydrogen-bond donors (Lipinski definition) is 1. The number of aryl methyl sites for hydroxylation is 2. The lowest BCUT2D eigenvalue weighted by molar-refractivity contribution is -0.119. The fraction of sp³-hybridized carbons (Fsp3) is 0.217. The molecule has 3 aromatic heterocycles. The molecule has 3 heterocycles. The van der Waals surface area contributed by atoms with Crippen molar-refractivity contribution in [1.29, 1.82) is 0 Å². The lowest BCUT2D eigenvalue weighted by Gasteiger charge is -2.13. The van der Waals surface area contributed by atoms with Gasteiger partial charge >= 0.3 is 0 Å². The first-order valence-electron chi connectivity index (χ1n) is 9.73. The summed E-state index contributed by atoms with van der Waals surface area (Å²) in [6, 6.07) is 13.5. The Kier molecular flexibility index (Phi) is 5.33. The number of carbonyl (C=O) groups is 1. The number of aromatic nitrogens is 4. The molecule has 0 saturated heterocycles. The van der Waals surface area contributed by atoms with E-state index < -0.39 is 0 Å². The molecule has 0 aliphatic carbocycles. The molecule has 6 heteroatoms. The van der Waals surface area contributed by atoms with Gasteiger partial charge in [-0.1, -0.05) is 37.3 Å². The molecule has 29 heavy (non-hydrogen) atoms. The van der Waals surface area contributed by atoms with Crippen molar-refractivity contribution in [3.05, 3.63) is 82.8 Å². The minimum atomic E-state index is -0.195. The summed E-state index contributed by atoms with van der Waals surface area (Å²) in [4.78, 5) is 37.3. The second-order valence-corrected chi connectivity index (χ2v) is 7.00. The average Bonchev–Trinajstić information content (AvgIpc) is 3.17. The van der Waals surface area contributed by atoms with E-state index in [0.29, 0.717) is 30.7 Å². The van der Waals surface area contributed by atoms with Crippen molar-refractivity contribution >= 4 is 16.7 Å². The standard InChI is InChI=1S/C23H22N4O2/c1-2-20-23(29)27(22(14-25-20)16-6-4-3-5-7-16)15-19(28)9-8-18-12-17-13-24-11-10-21(17)26-18/h3-7,10-14,26H,2,8-9,15H2,1H3. The van der Waals surface area contributed by atoms with Gasteiger partial charge in [0.2, 0.25) is 0 Å². The number of ketones is 1. The summed E-state index contributed by atoms with van der Waals surface area (Å²) < 4.78 is 1.55. The van der Waals surface area contributed by atoms with Crippen LogP contribution in [-0.2, 0) is 24.2 Å². The normalized spacial score (nSPS) is 11.1. The number of carbonyl (C=O) groups excluding carboxylic acids is 1. The minimum absolute atomic E-state index is 0.00863. The molecule has 0 unspecified atom stereocenters. The van der Waals surface area contributed by atoms with Crippen LogP contribution in [0.2, 0.25) is 0 Å². The molecule has 0 saturated carbocycles. The van der Waals surface area contributed by atoms with Gasteiger partial charge in [0.1, 0.15) is 5.69 Å². The molecular weight excluding hydrogens is 364 g/mol. The third-order valence-corrected chi connectivity index (χ3v) is 5.01. The van der Waals surface area contributed by atoms with Gasteiger partial charge in [-0.25, -0.2) is 0 Å². The van der Waals surface area contributed by atoms with Crippen LogP contribution in [0, 0.1) is 0 Å². The number of benzene rings is 1. The first-order chi connectivity index (χ1) is 14.2. The zero-order valence-electron chi connectivity index (χ0n) is 16.3. The van der Waals surface area contributed by atoms with Gasteiger partial charge < -0.3 is 4.98 Å². The van der Waals surface area contributed by atoms with E-state index in [-0.39, 0.29) is 17.9 Å². The predicted molar refractivity (Wildman–Crippen MR) is 113 cm³/mol. The first kappa shape index (κ1) is 18.8. The Labute approximate surface area is 168 Å². The summed E-state index contributed by atoms with van der Waals surface area (Å²) in [6.45, 7) is 1.93. The largest absolute Gasteiger partial charge is 0.358 e. The van der Waals surface area contributed by atoms with Crippen LogP contribution >= 0.6 is 0 Å². The number of H-pyrrole nitrogens is 1. The van der Waals surface area contributed by atoms with E-state index in [1.54, 1.807) is 23.2 Å². The summed E-state index contributed by atoms with van der Waals surface area (Å²) >= 11 is 0.